The van der Waals surface area contributed by atoms with Gasteiger partial charge in [0, 0.05) is 9.90 Å². The molecule has 6 heteroatoms. The molecule has 0 fully saturated rings. The molecule has 20 heavy (non-hydrogen) atoms. The van der Waals surface area contributed by atoms with Crippen LogP contribution in [0.4, 0.5) is 0 Å². The van der Waals surface area contributed by atoms with Crippen molar-refractivity contribution in [3.8, 4) is 17.6 Å². The molecule has 0 saturated carbocycles. The van der Waals surface area contributed by atoms with E-state index in [2.05, 4.69) is 11.8 Å². The first kappa shape index (κ1) is 15.5. The average molecular weight is 347 g/mol. The van der Waals surface area contributed by atoms with E-state index in [9.17, 15) is 0 Å². The standard InChI is InChI=1S/C14H10Cl3NOS/c15-9-6-12(16)14(13(17)7-9)19-8-11-4-3-10(20-11)2-1-5-18/h3-4,6-7H,5,8,18H2. The van der Waals surface area contributed by atoms with Crippen molar-refractivity contribution in [2.75, 3.05) is 6.54 Å². The van der Waals surface area contributed by atoms with Crippen LogP contribution in [0.25, 0.3) is 0 Å². The Hall–Kier alpha value is -0.890. The first-order valence-electron chi connectivity index (χ1n) is 5.65. The van der Waals surface area contributed by atoms with Crippen molar-refractivity contribution in [1.29, 1.82) is 0 Å². The molecule has 1 heterocycles. The zero-order valence-corrected chi connectivity index (χ0v) is 13.3. The summed E-state index contributed by atoms with van der Waals surface area (Å²) in [7, 11) is 0. The molecule has 0 amide bonds. The molecule has 0 aliphatic heterocycles. The van der Waals surface area contributed by atoms with Crippen molar-refractivity contribution >= 4 is 46.1 Å². The van der Waals surface area contributed by atoms with E-state index >= 15 is 0 Å². The Morgan fingerprint density at radius 1 is 1.15 bits per heavy atom. The van der Waals surface area contributed by atoms with Gasteiger partial charge in [-0.2, -0.15) is 0 Å². The van der Waals surface area contributed by atoms with Gasteiger partial charge in [0.25, 0.3) is 0 Å². The van der Waals surface area contributed by atoms with Gasteiger partial charge in [0.2, 0.25) is 0 Å². The highest BCUT2D eigenvalue weighted by atomic mass is 35.5. The summed E-state index contributed by atoms with van der Waals surface area (Å²) in [5, 5.41) is 1.26. The molecule has 0 spiro atoms. The van der Waals surface area contributed by atoms with Gasteiger partial charge in [-0.15, -0.1) is 11.3 Å². The molecule has 1 aromatic carbocycles. The Labute approximate surface area is 136 Å². The topological polar surface area (TPSA) is 35.2 Å². The van der Waals surface area contributed by atoms with Crippen LogP contribution < -0.4 is 10.5 Å². The van der Waals surface area contributed by atoms with Gasteiger partial charge in [-0.05, 0) is 24.3 Å². The van der Waals surface area contributed by atoms with E-state index in [4.69, 9.17) is 45.3 Å². The van der Waals surface area contributed by atoms with Crippen LogP contribution in [-0.2, 0) is 6.61 Å². The Bertz CT molecular complexity index is 650. The minimum Gasteiger partial charge on any atom is -0.485 e. The number of ether oxygens (including phenoxy) is 1. The lowest BCUT2D eigenvalue weighted by atomic mass is 10.3. The highest BCUT2D eigenvalue weighted by Gasteiger charge is 2.10. The summed E-state index contributed by atoms with van der Waals surface area (Å²) in [6, 6.07) is 7.06. The molecule has 0 aliphatic carbocycles. The number of hydrogen-bond donors (Lipinski definition) is 1. The second-order valence-corrected chi connectivity index (χ2v) is 6.18. The molecular formula is C14H10Cl3NOS. The second kappa shape index (κ2) is 7.21. The van der Waals surface area contributed by atoms with Crippen molar-refractivity contribution in [1.82, 2.24) is 0 Å². The second-order valence-electron chi connectivity index (χ2n) is 3.76. The van der Waals surface area contributed by atoms with Gasteiger partial charge in [-0.3, -0.25) is 0 Å². The van der Waals surface area contributed by atoms with E-state index in [1.54, 1.807) is 23.5 Å². The first-order valence-corrected chi connectivity index (χ1v) is 7.60. The lowest BCUT2D eigenvalue weighted by Gasteiger charge is -2.09. The highest BCUT2D eigenvalue weighted by molar-refractivity contribution is 7.12. The van der Waals surface area contributed by atoms with Gasteiger partial charge < -0.3 is 10.5 Å². The zero-order chi connectivity index (χ0) is 14.5. The molecule has 0 bridgehead atoms. The number of thiophene rings is 1. The first-order chi connectivity index (χ1) is 9.60. The molecular weight excluding hydrogens is 337 g/mol. The van der Waals surface area contributed by atoms with Crippen LogP contribution in [0.2, 0.25) is 15.1 Å². The molecule has 104 valence electrons. The molecule has 2 N–H and O–H groups in total. The maximum Gasteiger partial charge on any atom is 0.157 e. The molecule has 1 aromatic heterocycles. The van der Waals surface area contributed by atoms with Crippen molar-refractivity contribution in [2.24, 2.45) is 5.73 Å². The molecule has 0 atom stereocenters. The predicted octanol–water partition coefficient (Wildman–Crippen LogP) is 4.60. The van der Waals surface area contributed by atoms with Crippen LogP contribution in [0, 0.1) is 11.8 Å². The van der Waals surface area contributed by atoms with Crippen LogP contribution in [0.15, 0.2) is 24.3 Å². The SMILES string of the molecule is NCC#Cc1ccc(COc2c(Cl)cc(Cl)cc2Cl)s1. The Morgan fingerprint density at radius 2 is 1.85 bits per heavy atom. The number of hydrogen-bond acceptors (Lipinski definition) is 3. The van der Waals surface area contributed by atoms with E-state index < -0.39 is 0 Å². The Kier molecular flexibility index (Phi) is 5.59. The Morgan fingerprint density at radius 3 is 2.50 bits per heavy atom. The smallest absolute Gasteiger partial charge is 0.157 e. The fraction of sp³-hybridized carbons (Fsp3) is 0.143. The fourth-order valence-electron chi connectivity index (χ4n) is 1.47. The predicted molar refractivity (Wildman–Crippen MR) is 86.1 cm³/mol. The van der Waals surface area contributed by atoms with Crippen LogP contribution in [0.3, 0.4) is 0 Å². The molecule has 0 saturated heterocycles. The van der Waals surface area contributed by atoms with Gasteiger partial charge in [-0.1, -0.05) is 46.6 Å². The lowest BCUT2D eigenvalue weighted by Crippen LogP contribution is -1.94. The van der Waals surface area contributed by atoms with Gasteiger partial charge in [-0.25, -0.2) is 0 Å². The van der Waals surface area contributed by atoms with Gasteiger partial charge in [0.1, 0.15) is 6.61 Å². The molecule has 2 rings (SSSR count). The fourth-order valence-corrected chi connectivity index (χ4v) is 3.19. The molecule has 0 unspecified atom stereocenters. The summed E-state index contributed by atoms with van der Waals surface area (Å²) >= 11 is 19.5. The van der Waals surface area contributed by atoms with Crippen molar-refractivity contribution in [3.05, 3.63) is 49.1 Å². The van der Waals surface area contributed by atoms with E-state index in [-0.39, 0.29) is 0 Å². The summed E-state index contributed by atoms with van der Waals surface area (Å²) in [5.74, 6) is 6.21. The number of halogens is 3. The van der Waals surface area contributed by atoms with Crippen LogP contribution in [0.5, 0.6) is 5.75 Å². The minimum atomic E-state index is 0.347. The largest absolute Gasteiger partial charge is 0.485 e. The van der Waals surface area contributed by atoms with Crippen molar-refractivity contribution in [3.63, 3.8) is 0 Å². The third kappa shape index (κ3) is 4.05. The van der Waals surface area contributed by atoms with Crippen LogP contribution in [-0.4, -0.2) is 6.54 Å². The van der Waals surface area contributed by atoms with E-state index in [1.165, 1.54) is 0 Å². The summed E-state index contributed by atoms with van der Waals surface area (Å²) in [6.07, 6.45) is 0. The minimum absolute atomic E-state index is 0.347. The molecule has 0 aliphatic rings. The maximum atomic E-state index is 6.05. The van der Waals surface area contributed by atoms with Crippen LogP contribution in [0.1, 0.15) is 9.75 Å². The average Bonchev–Trinajstić information content (AvgIpc) is 2.83. The summed E-state index contributed by atoms with van der Waals surface area (Å²) < 4.78 is 5.64. The summed E-state index contributed by atoms with van der Waals surface area (Å²) in [4.78, 5) is 1.97. The molecule has 0 radical (unpaired) electrons. The summed E-state index contributed by atoms with van der Waals surface area (Å²) in [5.41, 5.74) is 5.33. The van der Waals surface area contributed by atoms with E-state index in [0.29, 0.717) is 34.0 Å². The zero-order valence-electron chi connectivity index (χ0n) is 10.3. The van der Waals surface area contributed by atoms with Gasteiger partial charge >= 0.3 is 0 Å². The summed E-state index contributed by atoms with van der Waals surface area (Å²) in [6.45, 7) is 0.718. The monoisotopic (exact) mass is 345 g/mol. The molecule has 2 nitrogen and oxygen atoms in total. The van der Waals surface area contributed by atoms with E-state index in [0.717, 1.165) is 9.75 Å². The van der Waals surface area contributed by atoms with Gasteiger partial charge in [0.15, 0.2) is 5.75 Å². The van der Waals surface area contributed by atoms with Gasteiger partial charge in [0.05, 0.1) is 21.5 Å². The maximum absolute atomic E-state index is 6.05. The van der Waals surface area contributed by atoms with Crippen molar-refractivity contribution < 1.29 is 4.74 Å². The number of benzene rings is 1. The van der Waals surface area contributed by atoms with Crippen LogP contribution >= 0.6 is 46.1 Å². The third-order valence-corrected chi connectivity index (χ3v) is 4.05. The van der Waals surface area contributed by atoms with Crippen molar-refractivity contribution in [2.45, 2.75) is 6.61 Å². The normalized spacial score (nSPS) is 10.0. The molecule has 2 aromatic rings. The third-order valence-electron chi connectivity index (χ3n) is 2.30. The highest BCUT2D eigenvalue weighted by Crippen LogP contribution is 2.36. The number of nitrogens with two attached hydrogens (primary N) is 1. The quantitative estimate of drug-likeness (QED) is 0.825. The number of rotatable bonds is 3. The van der Waals surface area contributed by atoms with E-state index in [1.807, 2.05) is 12.1 Å². The lowest BCUT2D eigenvalue weighted by molar-refractivity contribution is 0.310. The Balaban J connectivity index is 2.07.